The van der Waals surface area contributed by atoms with Crippen molar-refractivity contribution in [2.24, 2.45) is 0 Å². The Labute approximate surface area is 135 Å². The average molecular weight is 296 g/mol. The lowest BCUT2D eigenvalue weighted by molar-refractivity contribution is 0.0738. The van der Waals surface area contributed by atoms with Crippen molar-refractivity contribution in [2.75, 3.05) is 26.2 Å². The van der Waals surface area contributed by atoms with Crippen LogP contribution in [-0.2, 0) is 12.0 Å². The van der Waals surface area contributed by atoms with Gasteiger partial charge in [0.15, 0.2) is 0 Å². The zero-order chi connectivity index (χ0) is 15.8. The van der Waals surface area contributed by atoms with E-state index in [-0.39, 0.29) is 5.54 Å². The molecule has 118 valence electrons. The topological polar surface area (TPSA) is 15.3 Å². The quantitative estimate of drug-likeness (QED) is 0.736. The first kappa shape index (κ1) is 16.7. The van der Waals surface area contributed by atoms with E-state index in [1.165, 1.54) is 11.1 Å². The van der Waals surface area contributed by atoms with Crippen molar-refractivity contribution in [3.05, 3.63) is 73.4 Å². The highest BCUT2D eigenvalue weighted by Gasteiger charge is 2.38. The molecule has 0 unspecified atom stereocenters. The smallest absolute Gasteiger partial charge is 0.0533 e. The third kappa shape index (κ3) is 3.40. The van der Waals surface area contributed by atoms with E-state index in [4.69, 9.17) is 0 Å². The van der Waals surface area contributed by atoms with Gasteiger partial charge in [-0.1, -0.05) is 42.5 Å². The lowest BCUT2D eigenvalue weighted by Crippen LogP contribution is -2.54. The van der Waals surface area contributed by atoms with Crippen molar-refractivity contribution < 1.29 is 0 Å². The Balaban J connectivity index is 2.52. The summed E-state index contributed by atoms with van der Waals surface area (Å²) in [7, 11) is 0. The Hall–Kier alpha value is -1.64. The standard InChI is InChI=1S/C20H28N2/c1-4-9-18-10-7-8-11-19(18)20(12-5-2,13-6-3)22-16-14-21-15-17-22/h4-8,10-11,21H,1-3,9,12-17H2. The minimum atomic E-state index is -0.0365. The molecule has 0 saturated carbocycles. The van der Waals surface area contributed by atoms with E-state index >= 15 is 0 Å². The molecule has 1 fully saturated rings. The molecule has 1 saturated heterocycles. The number of nitrogens with zero attached hydrogens (tertiary/aromatic N) is 1. The number of benzene rings is 1. The van der Waals surface area contributed by atoms with Crippen LogP contribution in [0.3, 0.4) is 0 Å². The van der Waals surface area contributed by atoms with Gasteiger partial charge in [-0.25, -0.2) is 0 Å². The van der Waals surface area contributed by atoms with E-state index in [0.29, 0.717) is 0 Å². The first-order chi connectivity index (χ1) is 10.8. The minimum absolute atomic E-state index is 0.0365. The summed E-state index contributed by atoms with van der Waals surface area (Å²) in [5.41, 5.74) is 2.72. The average Bonchev–Trinajstić information content (AvgIpc) is 2.56. The molecule has 0 aromatic heterocycles. The predicted octanol–water partition coefficient (Wildman–Crippen LogP) is 3.67. The molecule has 0 aliphatic carbocycles. The summed E-state index contributed by atoms with van der Waals surface area (Å²) in [4.78, 5) is 2.61. The van der Waals surface area contributed by atoms with Crippen LogP contribution in [0, 0.1) is 0 Å². The van der Waals surface area contributed by atoms with Crippen molar-refractivity contribution in [1.82, 2.24) is 10.2 Å². The SMILES string of the molecule is C=CCc1ccccc1C(CC=C)(CC=C)N1CCNCC1. The van der Waals surface area contributed by atoms with E-state index in [0.717, 1.165) is 45.4 Å². The van der Waals surface area contributed by atoms with Gasteiger partial charge in [0.2, 0.25) is 0 Å². The summed E-state index contributed by atoms with van der Waals surface area (Å²) in [6, 6.07) is 8.76. The van der Waals surface area contributed by atoms with Crippen molar-refractivity contribution in [1.29, 1.82) is 0 Å². The molecule has 0 bridgehead atoms. The maximum absolute atomic E-state index is 4.03. The highest BCUT2D eigenvalue weighted by molar-refractivity contribution is 5.36. The van der Waals surface area contributed by atoms with E-state index in [2.05, 4.69) is 66.4 Å². The first-order valence-electron chi connectivity index (χ1n) is 8.15. The van der Waals surface area contributed by atoms with Crippen molar-refractivity contribution in [2.45, 2.75) is 24.8 Å². The number of piperazine rings is 1. The Kier molecular flexibility index (Phi) is 6.17. The number of nitrogens with one attached hydrogen (secondary N) is 1. The molecule has 2 rings (SSSR count). The number of allylic oxidation sites excluding steroid dienone is 1. The largest absolute Gasteiger partial charge is 0.314 e. The molecule has 1 aromatic rings. The first-order valence-corrected chi connectivity index (χ1v) is 8.15. The molecule has 2 nitrogen and oxygen atoms in total. The molecule has 0 spiro atoms. The second-order valence-electron chi connectivity index (χ2n) is 5.90. The van der Waals surface area contributed by atoms with Crippen LogP contribution in [0.25, 0.3) is 0 Å². The molecule has 1 aliphatic heterocycles. The van der Waals surface area contributed by atoms with Gasteiger partial charge in [0.1, 0.15) is 0 Å². The summed E-state index contributed by atoms with van der Waals surface area (Å²) < 4.78 is 0. The zero-order valence-corrected chi connectivity index (χ0v) is 13.6. The fourth-order valence-corrected chi connectivity index (χ4v) is 3.61. The van der Waals surface area contributed by atoms with Gasteiger partial charge in [0.05, 0.1) is 5.54 Å². The fraction of sp³-hybridized carbons (Fsp3) is 0.400. The van der Waals surface area contributed by atoms with Crippen molar-refractivity contribution in [3.8, 4) is 0 Å². The van der Waals surface area contributed by atoms with Gasteiger partial charge < -0.3 is 5.32 Å². The van der Waals surface area contributed by atoms with Crippen LogP contribution >= 0.6 is 0 Å². The van der Waals surface area contributed by atoms with E-state index < -0.39 is 0 Å². The highest BCUT2D eigenvalue weighted by atomic mass is 15.2. The minimum Gasteiger partial charge on any atom is -0.314 e. The molecule has 0 radical (unpaired) electrons. The van der Waals surface area contributed by atoms with Gasteiger partial charge in [0.25, 0.3) is 0 Å². The Morgan fingerprint density at radius 1 is 1.00 bits per heavy atom. The van der Waals surface area contributed by atoms with E-state index in [9.17, 15) is 0 Å². The second-order valence-corrected chi connectivity index (χ2v) is 5.90. The van der Waals surface area contributed by atoms with Crippen LogP contribution in [0.5, 0.6) is 0 Å². The summed E-state index contributed by atoms with van der Waals surface area (Å²) in [6.45, 7) is 16.2. The van der Waals surface area contributed by atoms with Crippen molar-refractivity contribution in [3.63, 3.8) is 0 Å². The Bertz CT molecular complexity index is 502. The van der Waals surface area contributed by atoms with E-state index in [1.807, 2.05) is 6.08 Å². The number of rotatable bonds is 8. The molecule has 1 heterocycles. The third-order valence-corrected chi connectivity index (χ3v) is 4.57. The number of hydrogen-bond acceptors (Lipinski definition) is 2. The van der Waals surface area contributed by atoms with E-state index in [1.54, 1.807) is 0 Å². The predicted molar refractivity (Wildman–Crippen MR) is 96.1 cm³/mol. The van der Waals surface area contributed by atoms with Gasteiger partial charge >= 0.3 is 0 Å². The molecule has 1 N–H and O–H groups in total. The van der Waals surface area contributed by atoms with Gasteiger partial charge in [-0.2, -0.15) is 0 Å². The monoisotopic (exact) mass is 296 g/mol. The molecule has 0 amide bonds. The molecule has 1 aliphatic rings. The van der Waals surface area contributed by atoms with Crippen LogP contribution < -0.4 is 5.32 Å². The van der Waals surface area contributed by atoms with Crippen LogP contribution in [0.1, 0.15) is 24.0 Å². The van der Waals surface area contributed by atoms with Crippen LogP contribution in [0.4, 0.5) is 0 Å². The maximum Gasteiger partial charge on any atom is 0.0533 e. The normalized spacial score (nSPS) is 16.2. The molecule has 22 heavy (non-hydrogen) atoms. The molecule has 2 heteroatoms. The van der Waals surface area contributed by atoms with Crippen LogP contribution in [0.2, 0.25) is 0 Å². The molecular weight excluding hydrogens is 268 g/mol. The van der Waals surface area contributed by atoms with Gasteiger partial charge in [0, 0.05) is 26.2 Å². The number of hydrogen-bond donors (Lipinski definition) is 1. The lowest BCUT2D eigenvalue weighted by atomic mass is 9.78. The summed E-state index contributed by atoms with van der Waals surface area (Å²) in [6.07, 6.45) is 8.87. The maximum atomic E-state index is 4.03. The zero-order valence-electron chi connectivity index (χ0n) is 13.6. The molecular formula is C20H28N2. The lowest BCUT2D eigenvalue weighted by Gasteiger charge is -2.46. The highest BCUT2D eigenvalue weighted by Crippen LogP contribution is 2.39. The molecule has 1 aromatic carbocycles. The van der Waals surface area contributed by atoms with Crippen LogP contribution in [-0.4, -0.2) is 31.1 Å². The fourth-order valence-electron chi connectivity index (χ4n) is 3.61. The van der Waals surface area contributed by atoms with Gasteiger partial charge in [-0.15, -0.1) is 19.7 Å². The van der Waals surface area contributed by atoms with Crippen molar-refractivity contribution >= 4 is 0 Å². The third-order valence-electron chi connectivity index (χ3n) is 4.57. The second kappa shape index (κ2) is 8.11. The Morgan fingerprint density at radius 2 is 1.64 bits per heavy atom. The summed E-state index contributed by atoms with van der Waals surface area (Å²) >= 11 is 0. The Morgan fingerprint density at radius 3 is 2.23 bits per heavy atom. The van der Waals surface area contributed by atoms with Gasteiger partial charge in [-0.3, -0.25) is 4.90 Å². The summed E-state index contributed by atoms with van der Waals surface area (Å²) in [5, 5.41) is 3.45. The molecule has 0 atom stereocenters. The van der Waals surface area contributed by atoms with Gasteiger partial charge in [-0.05, 0) is 30.4 Å². The van der Waals surface area contributed by atoms with Crippen LogP contribution in [0.15, 0.2) is 62.2 Å². The summed E-state index contributed by atoms with van der Waals surface area (Å²) in [5.74, 6) is 0.